The largest absolute Gasteiger partial charge is 0.494 e. The number of primary amides is 2. The first-order chi connectivity index (χ1) is 22.9. The Bertz CT molecular complexity index is 2120. The van der Waals surface area contributed by atoms with Gasteiger partial charge in [0, 0.05) is 32.1 Å². The number of nitrogens with two attached hydrogens (primary N) is 2. The molecular weight excluding hydrogens is 801 g/mol. The highest BCUT2D eigenvalue weighted by Gasteiger charge is 2.27. The molecule has 10 nitrogen and oxygen atoms in total. The van der Waals surface area contributed by atoms with Gasteiger partial charge in [-0.05, 0) is 80.4 Å². The Balaban J connectivity index is 1.62. The smallest absolute Gasteiger partial charge is 0.252 e. The Morgan fingerprint density at radius 2 is 1.10 bits per heavy atom. The molecule has 2 amide bonds. The van der Waals surface area contributed by atoms with Gasteiger partial charge in [-0.15, -0.1) is 0 Å². The predicted molar refractivity (Wildman–Crippen MR) is 186 cm³/mol. The van der Waals surface area contributed by atoms with Crippen molar-refractivity contribution < 1.29 is 27.8 Å². The van der Waals surface area contributed by atoms with Crippen LogP contribution in [0.2, 0.25) is 10.0 Å². The molecule has 6 aromatic rings. The molecule has 2 heterocycles. The van der Waals surface area contributed by atoms with Crippen molar-refractivity contribution in [2.75, 3.05) is 14.2 Å². The summed E-state index contributed by atoms with van der Waals surface area (Å²) < 4.78 is 46.4. The highest BCUT2D eigenvalue weighted by Crippen LogP contribution is 2.40. The van der Waals surface area contributed by atoms with Crippen LogP contribution >= 0.6 is 55.1 Å². The normalized spacial score (nSPS) is 11.4. The maximum atomic E-state index is 15.6. The number of aromatic nitrogens is 4. The Kier molecular flexibility index (Phi) is 9.11. The monoisotopic (exact) mass is 820 g/mol. The maximum absolute atomic E-state index is 15.6. The number of hydrogen-bond acceptors (Lipinski definition) is 6. The molecule has 2 aromatic heterocycles. The Morgan fingerprint density at radius 1 is 0.729 bits per heavy atom. The maximum Gasteiger partial charge on any atom is 0.252 e. The van der Waals surface area contributed by atoms with Crippen LogP contribution in [0.5, 0.6) is 11.5 Å². The molecule has 246 valence electrons. The number of amides is 2. The first-order valence-corrected chi connectivity index (χ1v) is 16.2. The van der Waals surface area contributed by atoms with Crippen molar-refractivity contribution in [3.63, 3.8) is 0 Å². The zero-order valence-corrected chi connectivity index (χ0v) is 29.6. The summed E-state index contributed by atoms with van der Waals surface area (Å²) in [7, 11) is 2.74. The van der Waals surface area contributed by atoms with Gasteiger partial charge >= 0.3 is 0 Å². The SMILES string of the molecule is COc1c(C(N)=O)ccc2c1nc(-c1c(F)cc(Cl)cc1Br)n2CCn1c(-c2c(F)cc(Cl)cc2Br)nc2c(OC)c(C(N)=O)ccc21. The van der Waals surface area contributed by atoms with Gasteiger partial charge in [-0.25, -0.2) is 18.7 Å². The molecule has 4 aromatic carbocycles. The van der Waals surface area contributed by atoms with E-state index in [1.165, 1.54) is 38.5 Å². The summed E-state index contributed by atoms with van der Waals surface area (Å²) in [6, 6.07) is 11.6. The number of rotatable bonds is 9. The third kappa shape index (κ3) is 5.66. The number of halogens is 6. The zero-order chi connectivity index (χ0) is 34.6. The molecule has 0 radical (unpaired) electrons. The van der Waals surface area contributed by atoms with Crippen LogP contribution in [0.3, 0.4) is 0 Å². The van der Waals surface area contributed by atoms with Gasteiger partial charge in [-0.3, -0.25) is 9.59 Å². The van der Waals surface area contributed by atoms with Crippen molar-refractivity contribution >= 4 is 88.9 Å². The van der Waals surface area contributed by atoms with Crippen molar-refractivity contribution in [2.45, 2.75) is 13.1 Å². The molecule has 0 unspecified atom stereocenters. The number of methoxy groups -OCH3 is 2. The van der Waals surface area contributed by atoms with Gasteiger partial charge in [0.05, 0.1) is 47.5 Å². The minimum Gasteiger partial charge on any atom is -0.494 e. The average Bonchev–Trinajstić information content (AvgIpc) is 3.55. The summed E-state index contributed by atoms with van der Waals surface area (Å²) in [6.07, 6.45) is 0. The van der Waals surface area contributed by atoms with E-state index in [4.69, 9.17) is 54.1 Å². The number of benzene rings is 4. The number of aryl methyl sites for hydroxylation is 2. The van der Waals surface area contributed by atoms with E-state index in [1.807, 2.05) is 0 Å². The van der Waals surface area contributed by atoms with Crippen molar-refractivity contribution in [3.8, 4) is 34.3 Å². The molecular formula is C32H22Br2Cl2F2N6O4. The molecule has 16 heteroatoms. The molecule has 0 saturated heterocycles. The number of hydrogen-bond donors (Lipinski definition) is 2. The lowest BCUT2D eigenvalue weighted by Crippen LogP contribution is -2.13. The molecule has 4 N–H and O–H groups in total. The Hall–Kier alpha value is -4.24. The molecule has 48 heavy (non-hydrogen) atoms. The topological polar surface area (TPSA) is 140 Å². The van der Waals surface area contributed by atoms with E-state index >= 15 is 8.78 Å². The van der Waals surface area contributed by atoms with E-state index in [1.54, 1.807) is 21.3 Å². The van der Waals surface area contributed by atoms with E-state index in [9.17, 15) is 9.59 Å². The second-order valence-electron chi connectivity index (χ2n) is 10.4. The Morgan fingerprint density at radius 3 is 1.42 bits per heavy atom. The van der Waals surface area contributed by atoms with Crippen molar-refractivity contribution in [1.82, 2.24) is 19.1 Å². The number of carbonyl (C=O) groups is 2. The summed E-state index contributed by atoms with van der Waals surface area (Å²) in [5, 5.41) is 0.322. The van der Waals surface area contributed by atoms with Crippen molar-refractivity contribution in [1.29, 1.82) is 0 Å². The first kappa shape index (κ1) is 33.7. The van der Waals surface area contributed by atoms with Gasteiger partial charge in [0.1, 0.15) is 34.3 Å². The van der Waals surface area contributed by atoms with Gasteiger partial charge in [0.2, 0.25) is 0 Å². The molecule has 0 aliphatic rings. The summed E-state index contributed by atoms with van der Waals surface area (Å²) in [6.45, 7) is 0.204. The molecule has 0 spiro atoms. The van der Waals surface area contributed by atoms with Crippen LogP contribution in [0.15, 0.2) is 57.5 Å². The molecule has 0 aliphatic heterocycles. The highest BCUT2D eigenvalue weighted by atomic mass is 79.9. The van der Waals surface area contributed by atoms with Crippen molar-refractivity contribution in [2.24, 2.45) is 11.5 Å². The van der Waals surface area contributed by atoms with Crippen LogP contribution in [-0.2, 0) is 13.1 Å². The average molecular weight is 823 g/mol. The zero-order valence-electron chi connectivity index (χ0n) is 24.9. The minimum absolute atomic E-state index is 0.0835. The van der Waals surface area contributed by atoms with Crippen molar-refractivity contribution in [3.05, 3.63) is 90.3 Å². The highest BCUT2D eigenvalue weighted by molar-refractivity contribution is 9.11. The van der Waals surface area contributed by atoms with E-state index in [0.717, 1.165) is 12.1 Å². The van der Waals surface area contributed by atoms with Crippen LogP contribution in [0.25, 0.3) is 44.8 Å². The molecule has 0 atom stereocenters. The number of fused-ring (bicyclic) bond motifs is 2. The minimum atomic E-state index is -0.738. The van der Waals surface area contributed by atoms with Gasteiger partial charge < -0.3 is 30.1 Å². The fourth-order valence-corrected chi connectivity index (χ4v) is 7.58. The second-order valence-corrected chi connectivity index (χ2v) is 13.0. The summed E-state index contributed by atoms with van der Waals surface area (Å²) >= 11 is 19.1. The molecule has 6 rings (SSSR count). The van der Waals surface area contributed by atoms with E-state index in [0.29, 0.717) is 20.0 Å². The van der Waals surface area contributed by atoms with Crippen LogP contribution in [-0.4, -0.2) is 45.1 Å². The lowest BCUT2D eigenvalue weighted by Gasteiger charge is -2.16. The number of ether oxygens (including phenoxy) is 2. The number of carbonyl (C=O) groups excluding carboxylic acids is 2. The summed E-state index contributed by atoms with van der Waals surface area (Å²) in [5.74, 6) is -2.25. The lowest BCUT2D eigenvalue weighted by molar-refractivity contribution is 0.0989. The van der Waals surface area contributed by atoms with Gasteiger partial charge in [0.15, 0.2) is 11.5 Å². The standard InChI is InChI=1S/C32H22Br2Cl2F2N6O4/c1-47-27-15(29(39)45)3-5-21-25(27)41-31(23-17(33)9-13(35)11-19(23)37)43(21)7-8-44-22-6-4-16(30(40)46)28(48-2)26(22)42-32(44)24-18(34)10-14(36)12-20(24)38/h3-6,9-12H,7-8H2,1-2H3,(H2,39,45)(H2,40,46). The predicted octanol–water partition coefficient (Wildman–Crippen LogP) is 7.75. The third-order valence-corrected chi connectivity index (χ3v) is 9.38. The second kappa shape index (κ2) is 13.0. The van der Waals surface area contributed by atoms with E-state index in [-0.39, 0.29) is 79.6 Å². The van der Waals surface area contributed by atoms with E-state index < -0.39 is 23.4 Å². The van der Waals surface area contributed by atoms with Gasteiger partial charge in [-0.1, -0.05) is 23.2 Å². The molecule has 0 aliphatic carbocycles. The number of imidazole rings is 2. The Labute approximate surface area is 297 Å². The van der Waals surface area contributed by atoms with E-state index in [2.05, 4.69) is 31.9 Å². The fraction of sp³-hybridized carbons (Fsp3) is 0.125. The first-order valence-electron chi connectivity index (χ1n) is 13.9. The molecule has 0 fully saturated rings. The van der Waals surface area contributed by atoms with Crippen LogP contribution in [0.1, 0.15) is 20.7 Å². The molecule has 0 bridgehead atoms. The van der Waals surface area contributed by atoms with Gasteiger partial charge in [-0.2, -0.15) is 0 Å². The van der Waals surface area contributed by atoms with Crippen LogP contribution in [0.4, 0.5) is 8.78 Å². The summed E-state index contributed by atoms with van der Waals surface area (Å²) in [4.78, 5) is 33.9. The lowest BCUT2D eigenvalue weighted by atomic mass is 10.1. The van der Waals surface area contributed by atoms with Crippen LogP contribution in [0, 0.1) is 11.6 Å². The van der Waals surface area contributed by atoms with Crippen LogP contribution < -0.4 is 20.9 Å². The quantitative estimate of drug-likeness (QED) is 0.153. The fourth-order valence-electron chi connectivity index (χ4n) is 5.68. The van der Waals surface area contributed by atoms with Gasteiger partial charge in [0.25, 0.3) is 11.8 Å². The summed E-state index contributed by atoms with van der Waals surface area (Å²) in [5.41, 5.74) is 13.0. The third-order valence-electron chi connectivity index (χ3n) is 7.70. The number of nitrogens with zero attached hydrogens (tertiary/aromatic N) is 4. The molecule has 0 saturated carbocycles.